The number of nitrogens with one attached hydrogen (secondary N) is 2. The van der Waals surface area contributed by atoms with E-state index < -0.39 is 50.5 Å². The molecule has 0 aromatic heterocycles. The van der Waals surface area contributed by atoms with Gasteiger partial charge in [0.25, 0.3) is 11.6 Å². The van der Waals surface area contributed by atoms with Gasteiger partial charge in [-0.3, -0.25) is 20.2 Å². The minimum atomic E-state index is -1.99. The standard InChI is InChI=1S/C17H13F4N3O4S/c1-6-4-5-8(24(26)27)14(7(6)2)22-17(29)23-16(25)9-10(18)12(20)15(28-3)13(21)11(9)19/h4-5H,1-3H3,(H2,22,23,25,29). The molecule has 12 heteroatoms. The summed E-state index contributed by atoms with van der Waals surface area (Å²) in [6.45, 7) is 3.21. The Balaban J connectivity index is 2.36. The number of thiocarbonyl (C=S) groups is 1. The maximum Gasteiger partial charge on any atom is 0.293 e. The Labute approximate surface area is 166 Å². The Morgan fingerprint density at radius 3 is 2.14 bits per heavy atom. The highest BCUT2D eigenvalue weighted by Gasteiger charge is 2.30. The van der Waals surface area contributed by atoms with Gasteiger partial charge in [-0.2, -0.15) is 8.78 Å². The summed E-state index contributed by atoms with van der Waals surface area (Å²) in [7, 11) is 0.788. The molecule has 0 bridgehead atoms. The summed E-state index contributed by atoms with van der Waals surface area (Å²) in [5.41, 5.74) is -0.921. The van der Waals surface area contributed by atoms with Crippen molar-refractivity contribution in [2.75, 3.05) is 12.4 Å². The number of nitrogens with zero attached hydrogens (tertiary/aromatic N) is 1. The molecule has 29 heavy (non-hydrogen) atoms. The molecule has 2 N–H and O–H groups in total. The molecule has 0 spiro atoms. The molecule has 2 aromatic carbocycles. The van der Waals surface area contributed by atoms with Crippen LogP contribution in [0.4, 0.5) is 28.9 Å². The first-order valence-corrected chi connectivity index (χ1v) is 8.18. The van der Waals surface area contributed by atoms with Gasteiger partial charge in [-0.1, -0.05) is 6.07 Å². The number of carbonyl (C=O) groups is 1. The van der Waals surface area contributed by atoms with E-state index >= 15 is 0 Å². The number of ether oxygens (including phenoxy) is 1. The van der Waals surface area contributed by atoms with Crippen LogP contribution in [0.1, 0.15) is 21.5 Å². The number of benzene rings is 2. The molecule has 0 heterocycles. The van der Waals surface area contributed by atoms with Crippen molar-refractivity contribution in [2.45, 2.75) is 13.8 Å². The third-order valence-electron chi connectivity index (χ3n) is 4.03. The molecule has 1 amide bonds. The first kappa shape index (κ1) is 22.0. The Morgan fingerprint density at radius 2 is 1.66 bits per heavy atom. The number of nitro groups is 1. The third-order valence-corrected chi connectivity index (χ3v) is 4.23. The van der Waals surface area contributed by atoms with Crippen molar-refractivity contribution < 1.29 is 32.0 Å². The minimum Gasteiger partial charge on any atom is -0.491 e. The highest BCUT2D eigenvalue weighted by atomic mass is 32.1. The highest BCUT2D eigenvalue weighted by molar-refractivity contribution is 7.80. The Hall–Kier alpha value is -3.28. The number of hydrogen-bond donors (Lipinski definition) is 2. The van der Waals surface area contributed by atoms with E-state index in [4.69, 9.17) is 12.2 Å². The largest absolute Gasteiger partial charge is 0.491 e. The quantitative estimate of drug-likeness (QED) is 0.251. The second-order valence-electron chi connectivity index (χ2n) is 5.73. The SMILES string of the molecule is COc1c(F)c(F)c(C(=O)NC(=S)Nc2c([N+](=O)[O-])ccc(C)c2C)c(F)c1F. The average molecular weight is 431 g/mol. The summed E-state index contributed by atoms with van der Waals surface area (Å²) >= 11 is 4.84. The van der Waals surface area contributed by atoms with E-state index in [0.29, 0.717) is 11.1 Å². The Kier molecular flexibility index (Phi) is 6.37. The number of amides is 1. The van der Waals surface area contributed by atoms with Gasteiger partial charge in [0, 0.05) is 6.07 Å². The van der Waals surface area contributed by atoms with E-state index in [1.807, 2.05) is 5.32 Å². The zero-order chi connectivity index (χ0) is 22.0. The molecule has 0 radical (unpaired) electrons. The molecule has 0 aliphatic rings. The molecule has 0 saturated carbocycles. The maximum absolute atomic E-state index is 14.0. The van der Waals surface area contributed by atoms with Crippen LogP contribution in [0.5, 0.6) is 5.75 Å². The number of hydrogen-bond acceptors (Lipinski definition) is 5. The van der Waals surface area contributed by atoms with Crippen LogP contribution in [0.3, 0.4) is 0 Å². The van der Waals surface area contributed by atoms with Crippen LogP contribution >= 0.6 is 12.2 Å². The van der Waals surface area contributed by atoms with E-state index in [0.717, 1.165) is 7.11 Å². The number of rotatable bonds is 4. The molecule has 0 saturated heterocycles. The lowest BCUT2D eigenvalue weighted by Gasteiger charge is -2.14. The van der Waals surface area contributed by atoms with Crippen LogP contribution < -0.4 is 15.4 Å². The predicted molar refractivity (Wildman–Crippen MR) is 99.1 cm³/mol. The zero-order valence-electron chi connectivity index (χ0n) is 15.2. The summed E-state index contributed by atoms with van der Waals surface area (Å²) in [4.78, 5) is 22.6. The smallest absolute Gasteiger partial charge is 0.293 e. The second kappa shape index (κ2) is 8.39. The molecule has 2 aromatic rings. The maximum atomic E-state index is 14.0. The lowest BCUT2D eigenvalue weighted by molar-refractivity contribution is -0.383. The van der Waals surface area contributed by atoms with E-state index in [1.54, 1.807) is 13.8 Å². The van der Waals surface area contributed by atoms with Gasteiger partial charge in [-0.15, -0.1) is 0 Å². The van der Waals surface area contributed by atoms with Gasteiger partial charge in [-0.05, 0) is 37.2 Å². The minimum absolute atomic E-state index is 0.0617. The molecule has 0 fully saturated rings. The first-order chi connectivity index (χ1) is 13.5. The van der Waals surface area contributed by atoms with Crippen molar-refractivity contribution in [1.29, 1.82) is 0 Å². The van der Waals surface area contributed by atoms with Gasteiger partial charge in [0.2, 0.25) is 11.6 Å². The van der Waals surface area contributed by atoms with E-state index in [1.165, 1.54) is 12.1 Å². The summed E-state index contributed by atoms with van der Waals surface area (Å²) < 4.78 is 59.8. The number of carbonyl (C=O) groups excluding carboxylic acids is 1. The number of aryl methyl sites for hydroxylation is 1. The molecule has 7 nitrogen and oxygen atoms in total. The van der Waals surface area contributed by atoms with Gasteiger partial charge in [0.1, 0.15) is 11.3 Å². The summed E-state index contributed by atoms with van der Waals surface area (Å²) in [6.07, 6.45) is 0. The van der Waals surface area contributed by atoms with Gasteiger partial charge in [0.15, 0.2) is 22.5 Å². The summed E-state index contributed by atoms with van der Waals surface area (Å²) in [6, 6.07) is 2.69. The highest BCUT2D eigenvalue weighted by Crippen LogP contribution is 2.31. The van der Waals surface area contributed by atoms with Crippen molar-refractivity contribution in [1.82, 2.24) is 5.32 Å². The normalized spacial score (nSPS) is 10.4. The number of nitro benzene ring substituents is 1. The fourth-order valence-corrected chi connectivity index (χ4v) is 2.61. The average Bonchev–Trinajstić information content (AvgIpc) is 2.64. The lowest BCUT2D eigenvalue weighted by atomic mass is 10.1. The van der Waals surface area contributed by atoms with E-state index in [2.05, 4.69) is 10.1 Å². The monoisotopic (exact) mass is 431 g/mol. The van der Waals surface area contributed by atoms with Crippen LogP contribution in [-0.4, -0.2) is 23.1 Å². The van der Waals surface area contributed by atoms with Crippen molar-refractivity contribution in [3.05, 3.63) is 62.2 Å². The molecule has 0 aliphatic heterocycles. The topological polar surface area (TPSA) is 93.5 Å². The number of methoxy groups -OCH3 is 1. The van der Waals surface area contributed by atoms with Crippen LogP contribution in [-0.2, 0) is 0 Å². The number of anilines is 1. The van der Waals surface area contributed by atoms with Crippen molar-refractivity contribution in [3.63, 3.8) is 0 Å². The van der Waals surface area contributed by atoms with Crippen LogP contribution in [0.15, 0.2) is 12.1 Å². The van der Waals surface area contributed by atoms with Gasteiger partial charge in [-0.25, -0.2) is 8.78 Å². The van der Waals surface area contributed by atoms with Crippen LogP contribution in [0.2, 0.25) is 0 Å². The third kappa shape index (κ3) is 4.11. The number of halogens is 4. The molecule has 0 unspecified atom stereocenters. The van der Waals surface area contributed by atoms with E-state index in [-0.39, 0.29) is 11.4 Å². The van der Waals surface area contributed by atoms with E-state index in [9.17, 15) is 32.5 Å². The van der Waals surface area contributed by atoms with Crippen molar-refractivity contribution in [3.8, 4) is 5.75 Å². The van der Waals surface area contributed by atoms with Crippen LogP contribution in [0, 0.1) is 47.2 Å². The molecule has 2 rings (SSSR count). The Morgan fingerprint density at radius 1 is 1.10 bits per heavy atom. The van der Waals surface area contributed by atoms with Crippen LogP contribution in [0.25, 0.3) is 0 Å². The Bertz CT molecular complexity index is 1020. The van der Waals surface area contributed by atoms with Gasteiger partial charge < -0.3 is 10.1 Å². The molecule has 0 atom stereocenters. The predicted octanol–water partition coefficient (Wildman–Crippen LogP) is 3.90. The van der Waals surface area contributed by atoms with Gasteiger partial charge in [0.05, 0.1) is 12.0 Å². The molecule has 0 aliphatic carbocycles. The lowest BCUT2D eigenvalue weighted by Crippen LogP contribution is -2.36. The van der Waals surface area contributed by atoms with Crippen molar-refractivity contribution >= 4 is 34.6 Å². The molecular weight excluding hydrogens is 418 g/mol. The fraction of sp³-hybridized carbons (Fsp3) is 0.176. The fourth-order valence-electron chi connectivity index (χ4n) is 2.41. The van der Waals surface area contributed by atoms with Crippen molar-refractivity contribution in [2.24, 2.45) is 0 Å². The zero-order valence-corrected chi connectivity index (χ0v) is 16.0. The molecular formula is C17H13F4N3O4S. The molecule has 154 valence electrons. The first-order valence-electron chi connectivity index (χ1n) is 7.78. The van der Waals surface area contributed by atoms with Gasteiger partial charge >= 0.3 is 0 Å². The summed E-state index contributed by atoms with van der Waals surface area (Å²) in [5.74, 6) is -10.7. The second-order valence-corrected chi connectivity index (χ2v) is 6.14. The summed E-state index contributed by atoms with van der Waals surface area (Å²) in [5, 5.41) is 14.8.